The number of nitrogens with zero attached hydrogens (tertiary/aromatic N) is 1. The van der Waals surface area contributed by atoms with Gasteiger partial charge in [0.05, 0.1) is 11.3 Å². The van der Waals surface area contributed by atoms with Crippen molar-refractivity contribution in [2.75, 3.05) is 18.9 Å². The summed E-state index contributed by atoms with van der Waals surface area (Å²) in [6.45, 7) is 2.50. The summed E-state index contributed by atoms with van der Waals surface area (Å²) in [4.78, 5) is 12.6. The van der Waals surface area contributed by atoms with E-state index in [0.29, 0.717) is 35.9 Å². The Balaban J connectivity index is 1.58. The Hall–Kier alpha value is -3.80. The molecule has 148 valence electrons. The molecule has 0 aliphatic rings. The van der Waals surface area contributed by atoms with Crippen LogP contribution in [-0.2, 0) is 0 Å². The Morgan fingerprint density at radius 1 is 0.897 bits per heavy atom. The van der Waals surface area contributed by atoms with Crippen LogP contribution >= 0.6 is 0 Å². The van der Waals surface area contributed by atoms with Crippen LogP contribution in [0.25, 0.3) is 0 Å². The summed E-state index contributed by atoms with van der Waals surface area (Å²) in [6, 6.07) is 23.8. The van der Waals surface area contributed by atoms with Crippen LogP contribution in [0.3, 0.4) is 0 Å². The maximum absolute atomic E-state index is 12.6. The van der Waals surface area contributed by atoms with Gasteiger partial charge in [-0.1, -0.05) is 42.5 Å². The molecule has 0 atom stereocenters. The summed E-state index contributed by atoms with van der Waals surface area (Å²) in [5, 5.41) is 4.17. The second kappa shape index (κ2) is 9.94. The van der Waals surface area contributed by atoms with Gasteiger partial charge in [0, 0.05) is 5.69 Å². The lowest BCUT2D eigenvalue weighted by Gasteiger charge is -2.11. The molecule has 0 aliphatic heterocycles. The lowest BCUT2D eigenvalue weighted by atomic mass is 10.1. The van der Waals surface area contributed by atoms with Crippen molar-refractivity contribution in [3.05, 3.63) is 90.0 Å². The molecular formula is C23H23N3O3. The number of carbonyl (C=O) groups is 1. The fraction of sp³-hybridized carbons (Fsp3) is 0.130. The Morgan fingerprint density at radius 3 is 2.31 bits per heavy atom. The Bertz CT molecular complexity index is 970. The molecule has 0 bridgehead atoms. The predicted octanol–water partition coefficient (Wildman–Crippen LogP) is 3.88. The average molecular weight is 389 g/mol. The molecule has 0 fully saturated rings. The van der Waals surface area contributed by atoms with Gasteiger partial charge in [-0.3, -0.25) is 4.79 Å². The lowest BCUT2D eigenvalue weighted by molar-refractivity contribution is 0.0949. The van der Waals surface area contributed by atoms with Crippen molar-refractivity contribution < 1.29 is 14.3 Å². The number of ether oxygens (including phenoxy) is 2. The third kappa shape index (κ3) is 5.84. The molecule has 6 nitrogen and oxygen atoms in total. The van der Waals surface area contributed by atoms with Gasteiger partial charge in [-0.05, 0) is 48.9 Å². The summed E-state index contributed by atoms with van der Waals surface area (Å²) in [7, 11) is 0. The van der Waals surface area contributed by atoms with E-state index in [-0.39, 0.29) is 5.91 Å². The van der Waals surface area contributed by atoms with Crippen LogP contribution in [-0.4, -0.2) is 24.8 Å². The van der Waals surface area contributed by atoms with E-state index >= 15 is 0 Å². The monoisotopic (exact) mass is 389 g/mol. The molecule has 0 aliphatic carbocycles. The predicted molar refractivity (Wildman–Crippen MR) is 114 cm³/mol. The van der Waals surface area contributed by atoms with Crippen LogP contribution in [0.4, 0.5) is 5.69 Å². The van der Waals surface area contributed by atoms with Gasteiger partial charge in [0.2, 0.25) is 0 Å². The van der Waals surface area contributed by atoms with Gasteiger partial charge in [0.15, 0.2) is 0 Å². The van der Waals surface area contributed by atoms with Crippen molar-refractivity contribution in [1.29, 1.82) is 0 Å². The first kappa shape index (κ1) is 19.9. The minimum Gasteiger partial charge on any atom is -0.490 e. The fourth-order valence-electron chi connectivity index (χ4n) is 2.59. The minimum absolute atomic E-state index is 0.312. The second-order valence-corrected chi connectivity index (χ2v) is 6.27. The molecule has 29 heavy (non-hydrogen) atoms. The summed E-state index contributed by atoms with van der Waals surface area (Å²) < 4.78 is 11.3. The van der Waals surface area contributed by atoms with Crippen molar-refractivity contribution in [1.82, 2.24) is 5.43 Å². The first-order valence-electron chi connectivity index (χ1n) is 9.24. The molecular weight excluding hydrogens is 366 g/mol. The highest BCUT2D eigenvalue weighted by Gasteiger charge is 2.12. The highest BCUT2D eigenvalue weighted by atomic mass is 16.5. The van der Waals surface area contributed by atoms with Crippen LogP contribution in [0.2, 0.25) is 0 Å². The van der Waals surface area contributed by atoms with E-state index in [1.807, 2.05) is 55.5 Å². The molecule has 1 amide bonds. The van der Waals surface area contributed by atoms with Crippen LogP contribution < -0.4 is 20.6 Å². The van der Waals surface area contributed by atoms with Gasteiger partial charge in [-0.15, -0.1) is 0 Å². The van der Waals surface area contributed by atoms with E-state index in [2.05, 4.69) is 10.5 Å². The molecule has 3 N–H and O–H groups in total. The molecule has 0 saturated carbocycles. The third-order valence-corrected chi connectivity index (χ3v) is 4.14. The van der Waals surface area contributed by atoms with Crippen LogP contribution in [0.5, 0.6) is 11.5 Å². The fourth-order valence-corrected chi connectivity index (χ4v) is 2.59. The van der Waals surface area contributed by atoms with Crippen molar-refractivity contribution >= 4 is 17.3 Å². The number of hydrogen-bond donors (Lipinski definition) is 2. The Labute approximate surface area is 170 Å². The molecule has 6 heteroatoms. The molecule has 3 rings (SSSR count). The minimum atomic E-state index is -0.348. The van der Waals surface area contributed by atoms with Gasteiger partial charge < -0.3 is 15.2 Å². The number of hydrogen-bond acceptors (Lipinski definition) is 5. The van der Waals surface area contributed by atoms with Crippen LogP contribution in [0.1, 0.15) is 22.8 Å². The van der Waals surface area contributed by atoms with E-state index in [1.54, 1.807) is 30.3 Å². The topological polar surface area (TPSA) is 85.9 Å². The normalized spacial score (nSPS) is 11.0. The number of carbonyl (C=O) groups excluding carboxylic acids is 1. The standard InChI is InChI=1S/C23H23N3O3/c1-17(18-11-13-19(24)14-12-18)25-26-23(27)21-9-5-6-10-22(21)29-16-15-28-20-7-3-2-4-8-20/h2-14H,15-16,24H2,1H3,(H,26,27)/b25-17-. The highest BCUT2D eigenvalue weighted by Crippen LogP contribution is 2.18. The second-order valence-electron chi connectivity index (χ2n) is 6.27. The van der Waals surface area contributed by atoms with Gasteiger partial charge >= 0.3 is 0 Å². The number of benzene rings is 3. The number of nitrogens with two attached hydrogens (primary N) is 1. The van der Waals surface area contributed by atoms with Gasteiger partial charge in [-0.25, -0.2) is 5.43 Å². The summed E-state index contributed by atoms with van der Waals surface area (Å²) in [5.41, 5.74) is 10.9. The average Bonchev–Trinajstić information content (AvgIpc) is 2.76. The quantitative estimate of drug-likeness (QED) is 0.265. The third-order valence-electron chi connectivity index (χ3n) is 4.14. The summed E-state index contributed by atoms with van der Waals surface area (Å²) >= 11 is 0. The number of hydrazone groups is 1. The van der Waals surface area contributed by atoms with Crippen molar-refractivity contribution in [3.63, 3.8) is 0 Å². The largest absolute Gasteiger partial charge is 0.490 e. The molecule has 0 radical (unpaired) electrons. The zero-order valence-electron chi connectivity index (χ0n) is 16.2. The Kier molecular flexibility index (Phi) is 6.84. The van der Waals surface area contributed by atoms with Gasteiger partial charge in [0.25, 0.3) is 5.91 Å². The zero-order valence-corrected chi connectivity index (χ0v) is 16.2. The van der Waals surface area contributed by atoms with Crippen molar-refractivity contribution in [2.45, 2.75) is 6.92 Å². The SMILES string of the molecule is C/C(=N/NC(=O)c1ccccc1OCCOc1ccccc1)c1ccc(N)cc1. The maximum atomic E-state index is 12.6. The highest BCUT2D eigenvalue weighted by molar-refractivity contribution is 6.01. The molecule has 3 aromatic carbocycles. The van der Waals surface area contributed by atoms with Gasteiger partial charge in [-0.2, -0.15) is 5.10 Å². The zero-order chi connectivity index (χ0) is 20.5. The van der Waals surface area contributed by atoms with Crippen LogP contribution in [0, 0.1) is 0 Å². The van der Waals surface area contributed by atoms with Crippen molar-refractivity contribution in [2.24, 2.45) is 5.10 Å². The summed E-state index contributed by atoms with van der Waals surface area (Å²) in [6.07, 6.45) is 0. The summed E-state index contributed by atoms with van der Waals surface area (Å²) in [5.74, 6) is 0.899. The lowest BCUT2D eigenvalue weighted by Crippen LogP contribution is -2.21. The number of anilines is 1. The number of nitrogens with one attached hydrogen (secondary N) is 1. The van der Waals surface area contributed by atoms with Gasteiger partial charge in [0.1, 0.15) is 24.7 Å². The Morgan fingerprint density at radius 2 is 1.55 bits per heavy atom. The molecule has 3 aromatic rings. The number of nitrogen functional groups attached to an aromatic ring is 1. The molecule has 0 spiro atoms. The van der Waals surface area contributed by atoms with E-state index in [4.69, 9.17) is 15.2 Å². The van der Waals surface area contributed by atoms with Crippen molar-refractivity contribution in [3.8, 4) is 11.5 Å². The smallest absolute Gasteiger partial charge is 0.275 e. The van der Waals surface area contributed by atoms with E-state index in [0.717, 1.165) is 11.3 Å². The van der Waals surface area contributed by atoms with E-state index < -0.39 is 0 Å². The molecule has 0 aromatic heterocycles. The number of amides is 1. The number of rotatable bonds is 8. The van der Waals surface area contributed by atoms with E-state index in [9.17, 15) is 4.79 Å². The first-order valence-corrected chi connectivity index (χ1v) is 9.24. The van der Waals surface area contributed by atoms with E-state index in [1.165, 1.54) is 0 Å². The molecule has 0 heterocycles. The molecule has 0 saturated heterocycles. The van der Waals surface area contributed by atoms with Crippen LogP contribution in [0.15, 0.2) is 84.0 Å². The maximum Gasteiger partial charge on any atom is 0.275 e. The number of para-hydroxylation sites is 2. The first-order chi connectivity index (χ1) is 14.1. The molecule has 0 unspecified atom stereocenters.